The minimum atomic E-state index is -0.223. The van der Waals surface area contributed by atoms with Gasteiger partial charge in [-0.2, -0.15) is 5.10 Å². The maximum Gasteiger partial charge on any atom is 0.271 e. The average molecular weight is 344 g/mol. The molecule has 2 N–H and O–H groups in total. The lowest BCUT2D eigenvalue weighted by atomic mass is 10.0. The van der Waals surface area contributed by atoms with Crippen LogP contribution in [-0.2, 0) is 6.42 Å². The van der Waals surface area contributed by atoms with Crippen molar-refractivity contribution in [3.8, 4) is 0 Å². The van der Waals surface area contributed by atoms with Crippen LogP contribution in [0.25, 0.3) is 0 Å². The molecule has 2 heterocycles. The van der Waals surface area contributed by atoms with E-state index in [0.717, 1.165) is 44.5 Å². The summed E-state index contributed by atoms with van der Waals surface area (Å²) in [5.41, 5.74) is 1.98. The van der Waals surface area contributed by atoms with Crippen LogP contribution in [-0.4, -0.2) is 40.6 Å². The highest BCUT2D eigenvalue weighted by Crippen LogP contribution is 2.26. The second-order valence-electron chi connectivity index (χ2n) is 6.52. The highest BCUT2D eigenvalue weighted by molar-refractivity contribution is 5.92. The Hall–Kier alpha value is -2.21. The minimum Gasteiger partial charge on any atom is -0.349 e. The van der Waals surface area contributed by atoms with E-state index >= 15 is 0 Å². The topological polar surface area (TPSA) is 61.0 Å². The summed E-state index contributed by atoms with van der Waals surface area (Å²) in [7, 11) is 0. The maximum atomic E-state index is 14.3. The quantitative estimate of drug-likeness (QED) is 0.811. The molecular formula is C19H25FN4O. The van der Waals surface area contributed by atoms with Gasteiger partial charge in [-0.3, -0.25) is 14.8 Å². The van der Waals surface area contributed by atoms with Gasteiger partial charge in [-0.05, 0) is 44.5 Å². The number of hydrogen-bond acceptors (Lipinski definition) is 3. The van der Waals surface area contributed by atoms with Crippen LogP contribution in [0.15, 0.2) is 30.3 Å². The molecule has 1 amide bonds. The number of aryl methyl sites for hydroxylation is 1. The summed E-state index contributed by atoms with van der Waals surface area (Å²) in [6, 6.07) is 8.45. The van der Waals surface area contributed by atoms with Crippen LogP contribution in [0.5, 0.6) is 0 Å². The molecule has 1 atom stereocenters. The number of amides is 1. The van der Waals surface area contributed by atoms with Gasteiger partial charge in [-0.1, -0.05) is 31.5 Å². The molecule has 1 aliphatic heterocycles. The third kappa shape index (κ3) is 4.25. The van der Waals surface area contributed by atoms with E-state index in [2.05, 4.69) is 27.3 Å². The first kappa shape index (κ1) is 17.6. The Morgan fingerprint density at radius 3 is 2.84 bits per heavy atom. The maximum absolute atomic E-state index is 14.3. The van der Waals surface area contributed by atoms with Crippen molar-refractivity contribution in [1.29, 1.82) is 0 Å². The number of likely N-dealkylation sites (tertiary alicyclic amines) is 1. The number of rotatable bonds is 7. The Bertz CT molecular complexity index is 709. The summed E-state index contributed by atoms with van der Waals surface area (Å²) in [6.45, 7) is 4.31. The number of nitrogens with zero attached hydrogens (tertiary/aromatic N) is 2. The molecule has 1 fully saturated rings. The molecule has 0 aliphatic carbocycles. The van der Waals surface area contributed by atoms with E-state index in [-0.39, 0.29) is 17.8 Å². The molecule has 134 valence electrons. The van der Waals surface area contributed by atoms with Crippen LogP contribution in [0.4, 0.5) is 4.39 Å². The van der Waals surface area contributed by atoms with Gasteiger partial charge in [0.25, 0.3) is 5.91 Å². The molecule has 0 bridgehead atoms. The first-order valence-electron chi connectivity index (χ1n) is 9.00. The number of halogens is 1. The van der Waals surface area contributed by atoms with Gasteiger partial charge in [0.05, 0.1) is 6.04 Å². The number of hydrogen-bond donors (Lipinski definition) is 2. The Morgan fingerprint density at radius 1 is 1.36 bits per heavy atom. The molecule has 1 aromatic carbocycles. The second-order valence-corrected chi connectivity index (χ2v) is 6.52. The van der Waals surface area contributed by atoms with Crippen LogP contribution in [0, 0.1) is 5.82 Å². The fourth-order valence-corrected chi connectivity index (χ4v) is 3.39. The Labute approximate surface area is 147 Å². The van der Waals surface area contributed by atoms with E-state index in [1.807, 2.05) is 6.07 Å². The van der Waals surface area contributed by atoms with Gasteiger partial charge < -0.3 is 5.32 Å². The fraction of sp³-hybridized carbons (Fsp3) is 0.474. The van der Waals surface area contributed by atoms with Crippen molar-refractivity contribution in [2.24, 2.45) is 0 Å². The normalized spacial score (nSPS) is 16.1. The number of H-pyrrole nitrogens is 1. The zero-order valence-electron chi connectivity index (χ0n) is 14.6. The molecule has 25 heavy (non-hydrogen) atoms. The summed E-state index contributed by atoms with van der Waals surface area (Å²) >= 11 is 0. The van der Waals surface area contributed by atoms with Gasteiger partial charge in [0, 0.05) is 17.8 Å². The van der Waals surface area contributed by atoms with Crippen molar-refractivity contribution in [3.05, 3.63) is 53.1 Å². The van der Waals surface area contributed by atoms with Crippen molar-refractivity contribution < 1.29 is 9.18 Å². The molecule has 1 aliphatic rings. The molecule has 1 unspecified atom stereocenters. The lowest BCUT2D eigenvalue weighted by Gasteiger charge is -2.28. The van der Waals surface area contributed by atoms with Crippen molar-refractivity contribution in [2.45, 2.75) is 38.6 Å². The summed E-state index contributed by atoms with van der Waals surface area (Å²) in [5.74, 6) is -0.446. The molecule has 5 nitrogen and oxygen atoms in total. The Balaban J connectivity index is 1.69. The third-order valence-electron chi connectivity index (χ3n) is 4.68. The van der Waals surface area contributed by atoms with Crippen molar-refractivity contribution in [1.82, 2.24) is 20.4 Å². The molecule has 0 saturated carbocycles. The van der Waals surface area contributed by atoms with Gasteiger partial charge in [-0.25, -0.2) is 4.39 Å². The zero-order valence-corrected chi connectivity index (χ0v) is 14.6. The van der Waals surface area contributed by atoms with Crippen molar-refractivity contribution >= 4 is 5.91 Å². The number of carbonyl (C=O) groups is 1. The van der Waals surface area contributed by atoms with Gasteiger partial charge in [-0.15, -0.1) is 0 Å². The van der Waals surface area contributed by atoms with Gasteiger partial charge in [0.15, 0.2) is 0 Å². The first-order chi connectivity index (χ1) is 12.2. The van der Waals surface area contributed by atoms with Crippen LogP contribution < -0.4 is 5.32 Å². The summed E-state index contributed by atoms with van der Waals surface area (Å²) in [4.78, 5) is 14.6. The predicted molar refractivity (Wildman–Crippen MR) is 94.9 cm³/mol. The molecule has 2 aromatic rings. The number of carbonyl (C=O) groups excluding carboxylic acids is 1. The van der Waals surface area contributed by atoms with E-state index in [4.69, 9.17) is 0 Å². The van der Waals surface area contributed by atoms with Gasteiger partial charge >= 0.3 is 0 Å². The molecule has 0 spiro atoms. The smallest absolute Gasteiger partial charge is 0.271 e. The molecule has 6 heteroatoms. The molecule has 0 radical (unpaired) electrons. The zero-order chi connectivity index (χ0) is 17.6. The van der Waals surface area contributed by atoms with Gasteiger partial charge in [0.1, 0.15) is 11.5 Å². The predicted octanol–water partition coefficient (Wildman–Crippen LogP) is 3.07. The monoisotopic (exact) mass is 344 g/mol. The minimum absolute atomic E-state index is 0.151. The van der Waals surface area contributed by atoms with E-state index < -0.39 is 0 Å². The highest BCUT2D eigenvalue weighted by atomic mass is 19.1. The lowest BCUT2D eigenvalue weighted by molar-refractivity contribution is 0.0932. The van der Waals surface area contributed by atoms with Crippen LogP contribution in [0.2, 0.25) is 0 Å². The van der Waals surface area contributed by atoms with E-state index in [1.54, 1.807) is 18.2 Å². The summed E-state index contributed by atoms with van der Waals surface area (Å²) in [5, 5.41) is 9.89. The standard InChI is InChI=1S/C19H25FN4O/c1-2-7-14-12-17(23-22-14)19(25)21-13-18(24-10-5-6-11-24)15-8-3-4-9-16(15)20/h3-4,8-9,12,18H,2,5-7,10-11,13H2,1H3,(H,21,25)(H,22,23). The lowest BCUT2D eigenvalue weighted by Crippen LogP contribution is -2.37. The number of benzene rings is 1. The van der Waals surface area contributed by atoms with Crippen molar-refractivity contribution in [3.63, 3.8) is 0 Å². The fourth-order valence-electron chi connectivity index (χ4n) is 3.39. The van der Waals surface area contributed by atoms with E-state index in [9.17, 15) is 9.18 Å². The molecule has 1 saturated heterocycles. The van der Waals surface area contributed by atoms with E-state index in [0.29, 0.717) is 17.8 Å². The number of aromatic amines is 1. The van der Waals surface area contributed by atoms with E-state index in [1.165, 1.54) is 6.07 Å². The van der Waals surface area contributed by atoms with Crippen LogP contribution >= 0.6 is 0 Å². The second kappa shape index (κ2) is 8.25. The Kier molecular flexibility index (Phi) is 5.81. The third-order valence-corrected chi connectivity index (χ3v) is 4.68. The van der Waals surface area contributed by atoms with Gasteiger partial charge in [0.2, 0.25) is 0 Å². The molecule has 1 aromatic heterocycles. The largest absolute Gasteiger partial charge is 0.349 e. The SMILES string of the molecule is CCCc1cc(C(=O)NCC(c2ccccc2F)N2CCCC2)n[nH]1. The first-order valence-corrected chi connectivity index (χ1v) is 9.00. The Morgan fingerprint density at radius 2 is 2.12 bits per heavy atom. The van der Waals surface area contributed by atoms with Crippen LogP contribution in [0.3, 0.4) is 0 Å². The van der Waals surface area contributed by atoms with Crippen molar-refractivity contribution in [2.75, 3.05) is 19.6 Å². The molecule has 3 rings (SSSR count). The summed E-state index contributed by atoms with van der Waals surface area (Å²) in [6.07, 6.45) is 4.08. The average Bonchev–Trinajstić information content (AvgIpc) is 3.29. The number of nitrogens with one attached hydrogen (secondary N) is 2. The number of aromatic nitrogens is 2. The van der Waals surface area contributed by atoms with Crippen LogP contribution in [0.1, 0.15) is 54.0 Å². The summed E-state index contributed by atoms with van der Waals surface area (Å²) < 4.78 is 14.3. The highest BCUT2D eigenvalue weighted by Gasteiger charge is 2.26. The molecular weight excluding hydrogens is 319 g/mol.